The lowest BCUT2D eigenvalue weighted by atomic mass is 9.98. The molecular weight excluding hydrogens is 413 g/mol. The molecule has 0 aliphatic carbocycles. The Kier molecular flexibility index (Phi) is 5.43. The Morgan fingerprint density at radius 3 is 2.33 bits per heavy atom. The molecule has 3 nitrogen and oxygen atoms in total. The Bertz CT molecular complexity index is 1060. The number of methoxy groups -OCH3 is 1. The summed E-state index contributed by atoms with van der Waals surface area (Å²) in [5, 5.41) is 6.95. The first-order chi connectivity index (χ1) is 14.3. The lowest BCUT2D eigenvalue weighted by molar-refractivity contribution is -0.137. The average Bonchev–Trinajstić information content (AvgIpc) is 3.19. The van der Waals surface area contributed by atoms with Crippen LogP contribution in [0.5, 0.6) is 5.75 Å². The quantitative estimate of drug-likeness (QED) is 0.458. The van der Waals surface area contributed by atoms with Gasteiger partial charge in [-0.15, -0.1) is 0 Å². The van der Waals surface area contributed by atoms with E-state index in [1.54, 1.807) is 30.3 Å². The molecule has 0 radical (unpaired) electrons. The van der Waals surface area contributed by atoms with Crippen LogP contribution in [-0.4, -0.2) is 12.8 Å². The van der Waals surface area contributed by atoms with E-state index in [0.29, 0.717) is 22.9 Å². The van der Waals surface area contributed by atoms with Gasteiger partial charge in [0.15, 0.2) is 0 Å². The molecule has 0 saturated carbocycles. The van der Waals surface area contributed by atoms with Gasteiger partial charge in [0, 0.05) is 11.4 Å². The molecule has 3 aromatic rings. The number of hydrazone groups is 1. The van der Waals surface area contributed by atoms with Crippen molar-refractivity contribution in [1.82, 2.24) is 0 Å². The van der Waals surface area contributed by atoms with Crippen LogP contribution in [0.3, 0.4) is 0 Å². The standard InChI is InChI=1S/C23H18ClF3N2O/c1-30-20-11-7-16(8-12-20)22-14-21(15-5-9-18(24)10-6-15)28-29(22)19-4-2-3-17(13-19)23(25,26)27/h2-13,22H,14H2,1H3. The van der Waals surface area contributed by atoms with E-state index in [9.17, 15) is 13.2 Å². The minimum Gasteiger partial charge on any atom is -0.497 e. The van der Waals surface area contributed by atoms with Crippen molar-refractivity contribution in [2.75, 3.05) is 12.1 Å². The van der Waals surface area contributed by atoms with Crippen molar-refractivity contribution in [1.29, 1.82) is 0 Å². The van der Waals surface area contributed by atoms with Crippen molar-refractivity contribution >= 4 is 23.0 Å². The smallest absolute Gasteiger partial charge is 0.416 e. The van der Waals surface area contributed by atoms with Crippen LogP contribution < -0.4 is 9.75 Å². The van der Waals surface area contributed by atoms with Crippen molar-refractivity contribution < 1.29 is 17.9 Å². The zero-order valence-electron chi connectivity index (χ0n) is 16.0. The van der Waals surface area contributed by atoms with Crippen LogP contribution in [0.25, 0.3) is 0 Å². The van der Waals surface area contributed by atoms with Crippen molar-refractivity contribution in [2.24, 2.45) is 5.10 Å². The highest BCUT2D eigenvalue weighted by Crippen LogP contribution is 2.39. The lowest BCUT2D eigenvalue weighted by Crippen LogP contribution is -2.19. The van der Waals surface area contributed by atoms with Gasteiger partial charge in [-0.25, -0.2) is 0 Å². The van der Waals surface area contributed by atoms with Crippen LogP contribution >= 0.6 is 11.6 Å². The van der Waals surface area contributed by atoms with E-state index in [1.165, 1.54) is 6.07 Å². The number of halogens is 4. The van der Waals surface area contributed by atoms with Gasteiger partial charge >= 0.3 is 6.18 Å². The van der Waals surface area contributed by atoms with Crippen LogP contribution in [0.4, 0.5) is 18.9 Å². The minimum atomic E-state index is -4.42. The second-order valence-electron chi connectivity index (χ2n) is 6.94. The van der Waals surface area contributed by atoms with E-state index in [-0.39, 0.29) is 6.04 Å². The molecular formula is C23H18ClF3N2O. The Morgan fingerprint density at radius 2 is 1.70 bits per heavy atom. The number of ether oxygens (including phenoxy) is 1. The predicted molar refractivity (Wildman–Crippen MR) is 112 cm³/mol. The van der Waals surface area contributed by atoms with Gasteiger partial charge in [0.25, 0.3) is 0 Å². The molecule has 1 aliphatic rings. The highest BCUT2D eigenvalue weighted by atomic mass is 35.5. The zero-order valence-corrected chi connectivity index (χ0v) is 16.8. The van der Waals surface area contributed by atoms with Gasteiger partial charge in [-0.05, 0) is 53.6 Å². The molecule has 1 atom stereocenters. The maximum Gasteiger partial charge on any atom is 0.416 e. The number of alkyl halides is 3. The highest BCUT2D eigenvalue weighted by Gasteiger charge is 2.34. The molecule has 0 spiro atoms. The first kappa shape index (κ1) is 20.3. The first-order valence-electron chi connectivity index (χ1n) is 9.29. The normalized spacial score (nSPS) is 16.5. The van der Waals surface area contributed by atoms with Crippen LogP contribution in [-0.2, 0) is 6.18 Å². The van der Waals surface area contributed by atoms with Crippen molar-refractivity contribution in [2.45, 2.75) is 18.6 Å². The highest BCUT2D eigenvalue weighted by molar-refractivity contribution is 6.30. The second kappa shape index (κ2) is 8.03. The van der Waals surface area contributed by atoms with E-state index in [1.807, 2.05) is 36.4 Å². The molecule has 0 amide bonds. The van der Waals surface area contributed by atoms with Gasteiger partial charge in [0.2, 0.25) is 0 Å². The van der Waals surface area contributed by atoms with E-state index < -0.39 is 11.7 Å². The molecule has 7 heteroatoms. The molecule has 30 heavy (non-hydrogen) atoms. The van der Waals surface area contributed by atoms with Crippen LogP contribution in [0.2, 0.25) is 5.02 Å². The second-order valence-corrected chi connectivity index (χ2v) is 7.38. The van der Waals surface area contributed by atoms with Crippen LogP contribution in [0.15, 0.2) is 77.9 Å². The van der Waals surface area contributed by atoms with Crippen LogP contribution in [0.1, 0.15) is 29.2 Å². The average molecular weight is 431 g/mol. The molecule has 0 saturated heterocycles. The van der Waals surface area contributed by atoms with E-state index in [0.717, 1.165) is 29.0 Å². The maximum atomic E-state index is 13.3. The van der Waals surface area contributed by atoms with Gasteiger partial charge in [0.05, 0.1) is 30.1 Å². The summed E-state index contributed by atoms with van der Waals surface area (Å²) in [5.41, 5.74) is 2.27. The third kappa shape index (κ3) is 4.14. The molecule has 4 rings (SSSR count). The van der Waals surface area contributed by atoms with E-state index in [2.05, 4.69) is 0 Å². The van der Waals surface area contributed by atoms with Gasteiger partial charge in [0.1, 0.15) is 5.75 Å². The molecule has 1 heterocycles. The Balaban J connectivity index is 1.76. The summed E-state index contributed by atoms with van der Waals surface area (Å²) in [7, 11) is 1.58. The Morgan fingerprint density at radius 1 is 1.00 bits per heavy atom. The van der Waals surface area contributed by atoms with Crippen molar-refractivity contribution in [3.63, 3.8) is 0 Å². The fourth-order valence-electron chi connectivity index (χ4n) is 3.48. The number of hydrogen-bond acceptors (Lipinski definition) is 3. The first-order valence-corrected chi connectivity index (χ1v) is 9.67. The fraction of sp³-hybridized carbons (Fsp3) is 0.174. The molecule has 0 fully saturated rings. The molecule has 0 aromatic heterocycles. The van der Waals surface area contributed by atoms with Gasteiger partial charge < -0.3 is 4.74 Å². The lowest BCUT2D eigenvalue weighted by Gasteiger charge is -2.25. The summed E-state index contributed by atoms with van der Waals surface area (Å²) >= 11 is 5.99. The SMILES string of the molecule is COc1ccc(C2CC(c3ccc(Cl)cc3)=NN2c2cccc(C(F)(F)F)c2)cc1. The monoisotopic (exact) mass is 430 g/mol. The number of hydrogen-bond donors (Lipinski definition) is 0. The van der Waals surface area contributed by atoms with E-state index in [4.69, 9.17) is 21.4 Å². The van der Waals surface area contributed by atoms with Crippen LogP contribution in [0, 0.1) is 0 Å². The molecule has 154 valence electrons. The van der Waals surface area contributed by atoms with Gasteiger partial charge in [-0.2, -0.15) is 18.3 Å². The molecule has 0 N–H and O–H groups in total. The summed E-state index contributed by atoms with van der Waals surface area (Å²) in [4.78, 5) is 0. The largest absolute Gasteiger partial charge is 0.497 e. The third-order valence-electron chi connectivity index (χ3n) is 5.03. The molecule has 3 aromatic carbocycles. The Labute approximate surface area is 177 Å². The topological polar surface area (TPSA) is 24.8 Å². The summed E-state index contributed by atoms with van der Waals surface area (Å²) < 4.78 is 45.0. The fourth-order valence-corrected chi connectivity index (χ4v) is 3.60. The summed E-state index contributed by atoms with van der Waals surface area (Å²) in [6.45, 7) is 0. The summed E-state index contributed by atoms with van der Waals surface area (Å²) in [6.07, 6.45) is -3.88. The summed E-state index contributed by atoms with van der Waals surface area (Å²) in [5.74, 6) is 0.709. The minimum absolute atomic E-state index is 0.245. The van der Waals surface area contributed by atoms with Gasteiger partial charge in [-0.1, -0.05) is 41.9 Å². The maximum absolute atomic E-state index is 13.3. The molecule has 1 unspecified atom stereocenters. The zero-order chi connectivity index (χ0) is 21.3. The van der Waals surface area contributed by atoms with Gasteiger partial charge in [-0.3, -0.25) is 5.01 Å². The molecule has 1 aliphatic heterocycles. The number of benzene rings is 3. The number of anilines is 1. The molecule has 0 bridgehead atoms. The number of rotatable bonds is 4. The van der Waals surface area contributed by atoms with E-state index >= 15 is 0 Å². The van der Waals surface area contributed by atoms with Crippen molar-refractivity contribution in [3.05, 3.63) is 94.5 Å². The third-order valence-corrected chi connectivity index (χ3v) is 5.28. The number of nitrogens with zero attached hydrogens (tertiary/aromatic N) is 2. The summed E-state index contributed by atoms with van der Waals surface area (Å²) in [6, 6.07) is 19.7. The Hall–Kier alpha value is -2.99. The van der Waals surface area contributed by atoms with Crippen molar-refractivity contribution in [3.8, 4) is 5.75 Å². The predicted octanol–water partition coefficient (Wildman–Crippen LogP) is 6.72.